The molecule has 2 aliphatic heterocycles. The molecule has 8 aliphatic rings. The molecule has 0 aromatic rings. The maximum Gasteiger partial charge on any atom is 0.407 e. The molecule has 10 heteroatoms. The Bertz CT molecular complexity index is 2060. The number of allylic oxidation sites excluding steroid dienone is 4. The number of nitrogens with one attached hydrogen (secondary N) is 1. The van der Waals surface area contributed by atoms with E-state index in [-0.39, 0.29) is 59.3 Å². The van der Waals surface area contributed by atoms with Gasteiger partial charge in [-0.2, -0.15) is 0 Å². The van der Waals surface area contributed by atoms with Crippen LogP contribution < -0.4 is 5.32 Å². The molecule has 1 saturated heterocycles. The highest BCUT2D eigenvalue weighted by Gasteiger charge is 2.74. The van der Waals surface area contributed by atoms with Crippen molar-refractivity contribution in [2.45, 2.75) is 213 Å². The second-order valence-corrected chi connectivity index (χ2v) is 25.0. The predicted octanol–water partition coefficient (Wildman–Crippen LogP) is 12.0. The second kappa shape index (κ2) is 20.7. The van der Waals surface area contributed by atoms with Gasteiger partial charge in [0.05, 0.1) is 12.7 Å². The summed E-state index contributed by atoms with van der Waals surface area (Å²) < 4.78 is 24.7. The van der Waals surface area contributed by atoms with E-state index in [0.29, 0.717) is 62.5 Å². The van der Waals surface area contributed by atoms with E-state index in [9.17, 15) is 24.6 Å². The lowest BCUT2D eigenvalue weighted by Gasteiger charge is -2.68. The van der Waals surface area contributed by atoms with E-state index in [1.54, 1.807) is 5.57 Å². The third-order valence-corrected chi connectivity index (χ3v) is 19.7. The number of fused-ring (bicyclic) bond motifs is 5. The summed E-state index contributed by atoms with van der Waals surface area (Å²) in [6.07, 6.45) is 26.3. The van der Waals surface area contributed by atoms with Crippen LogP contribution in [0.5, 0.6) is 0 Å². The SMILES string of the molecule is C=C1/C(=C\C=C2/CCC[C@@]3(C)C2CCC3[C@@H](C)/C=C/C(O)C2CC2)CCCC1OC(=O)CCCCCCCCNC(=O)O[C@@H]1[C@H](C(C)(C)C)[C@H](C)C[C@@]2(O)[C@@]3(C)CCC4=C(COC4=O)C3CO[C@]12C. The Kier molecular flexibility index (Phi) is 15.7. The molecule has 69 heavy (non-hydrogen) atoms. The van der Waals surface area contributed by atoms with Crippen LogP contribution in [0.4, 0.5) is 4.79 Å². The first kappa shape index (κ1) is 52.1. The average Bonchev–Trinajstić information content (AvgIpc) is 3.99. The third kappa shape index (κ3) is 10.3. The summed E-state index contributed by atoms with van der Waals surface area (Å²) in [5.74, 6) is 1.65. The number of hydrogen-bond acceptors (Lipinski definition) is 9. The van der Waals surface area contributed by atoms with Crippen molar-refractivity contribution in [2.75, 3.05) is 19.8 Å². The quantitative estimate of drug-likeness (QED) is 0.0597. The van der Waals surface area contributed by atoms with Crippen molar-refractivity contribution in [2.24, 2.45) is 57.7 Å². The molecule has 0 aromatic heterocycles. The highest BCUT2D eigenvalue weighted by Crippen LogP contribution is 2.66. The molecule has 6 aliphatic carbocycles. The molecule has 2 heterocycles. The highest BCUT2D eigenvalue weighted by atomic mass is 16.6. The number of aliphatic hydroxyl groups is 2. The number of hydrogen-bond donors (Lipinski definition) is 3. The molecule has 0 aromatic carbocycles. The monoisotopic (exact) mass is 956 g/mol. The Morgan fingerprint density at radius 2 is 1.65 bits per heavy atom. The molecular weight excluding hydrogens is 867 g/mol. The third-order valence-electron chi connectivity index (χ3n) is 19.7. The molecular formula is C59H89NO9. The van der Waals surface area contributed by atoms with Crippen molar-refractivity contribution < 1.29 is 43.5 Å². The van der Waals surface area contributed by atoms with E-state index in [4.69, 9.17) is 18.9 Å². The Labute approximate surface area is 414 Å². The molecule has 0 bridgehead atoms. The van der Waals surface area contributed by atoms with Crippen LogP contribution in [-0.2, 0) is 28.5 Å². The largest absolute Gasteiger partial charge is 0.458 e. The molecule has 1 amide bonds. The first-order valence-electron chi connectivity index (χ1n) is 27.6. The van der Waals surface area contributed by atoms with Crippen molar-refractivity contribution in [1.82, 2.24) is 5.32 Å². The van der Waals surface area contributed by atoms with Gasteiger partial charge in [0, 0.05) is 35.8 Å². The maximum absolute atomic E-state index is 13.6. The van der Waals surface area contributed by atoms with Crippen molar-refractivity contribution in [3.8, 4) is 0 Å². The minimum Gasteiger partial charge on any atom is -0.458 e. The van der Waals surface area contributed by atoms with Crippen molar-refractivity contribution in [1.29, 1.82) is 0 Å². The van der Waals surface area contributed by atoms with Crippen LogP contribution in [-0.4, -0.2) is 77.5 Å². The molecule has 384 valence electrons. The van der Waals surface area contributed by atoms with Gasteiger partial charge in [-0.25, -0.2) is 9.59 Å². The van der Waals surface area contributed by atoms with E-state index >= 15 is 0 Å². The van der Waals surface area contributed by atoms with Crippen LogP contribution in [0.2, 0.25) is 0 Å². The van der Waals surface area contributed by atoms with Gasteiger partial charge in [-0.3, -0.25) is 4.79 Å². The smallest absolute Gasteiger partial charge is 0.407 e. The summed E-state index contributed by atoms with van der Waals surface area (Å²) in [6, 6.07) is 0. The summed E-state index contributed by atoms with van der Waals surface area (Å²) in [7, 11) is 0. The number of aliphatic hydroxyl groups excluding tert-OH is 1. The van der Waals surface area contributed by atoms with Crippen LogP contribution in [0, 0.1) is 57.7 Å². The summed E-state index contributed by atoms with van der Waals surface area (Å²) in [5.41, 5.74) is 2.52. The standard InChI is InChI=1S/C59H89NO9/c1-37(22-29-48(61)42-25-26-42)45-27-28-46-41(19-17-31-56(45,46)7)24-23-40-18-16-20-49(39(40)3)68-50(62)21-14-12-10-11-13-15-33-60-54(64)69-52-51(55(4,5)6)38(2)34-59(65)57(8)32-30-43-44(35-66-53(43)63)47(57)36-67-58(52,59)9/h22-24,29,37-38,42,45-49,51-52,61,65H,3,10-21,25-28,30-36H2,1-2,4-9H3,(H,60,64)/b29-22+,40-23-,41-24+/t37-,38+,45?,46?,47?,48?,49?,51+,52+,56+,57-,58+,59+/m0/s1. The zero-order chi connectivity index (χ0) is 49.5. The van der Waals surface area contributed by atoms with Crippen LogP contribution in [0.15, 0.2) is 58.7 Å². The van der Waals surface area contributed by atoms with Crippen LogP contribution in [0.3, 0.4) is 0 Å². The summed E-state index contributed by atoms with van der Waals surface area (Å²) in [6.45, 7) is 23.2. The van der Waals surface area contributed by atoms with Gasteiger partial charge in [0.25, 0.3) is 0 Å². The van der Waals surface area contributed by atoms with Gasteiger partial charge in [-0.05, 0) is 160 Å². The van der Waals surface area contributed by atoms with Crippen molar-refractivity contribution >= 4 is 18.0 Å². The molecule has 3 N–H and O–H groups in total. The number of carbonyl (C=O) groups excluding carboxylic acids is 3. The lowest BCUT2D eigenvalue weighted by molar-refractivity contribution is -0.345. The Morgan fingerprint density at radius 1 is 0.913 bits per heavy atom. The minimum absolute atomic E-state index is 0.0457. The summed E-state index contributed by atoms with van der Waals surface area (Å²) >= 11 is 0. The number of carbonyl (C=O) groups is 3. The van der Waals surface area contributed by atoms with E-state index in [0.717, 1.165) is 93.8 Å². The van der Waals surface area contributed by atoms with Gasteiger partial charge in [0.15, 0.2) is 0 Å². The minimum atomic E-state index is -1.30. The van der Waals surface area contributed by atoms with Gasteiger partial charge in [0.1, 0.15) is 30.0 Å². The lowest BCUT2D eigenvalue weighted by Crippen LogP contribution is -2.78. The number of unbranched alkanes of at least 4 members (excludes halogenated alkanes) is 5. The summed E-state index contributed by atoms with van der Waals surface area (Å²) in [4.78, 5) is 39.2. The van der Waals surface area contributed by atoms with Crippen molar-refractivity contribution in [3.63, 3.8) is 0 Å². The number of amides is 1. The van der Waals surface area contributed by atoms with E-state index in [2.05, 4.69) is 84.7 Å². The van der Waals surface area contributed by atoms with Gasteiger partial charge in [-0.1, -0.05) is 111 Å². The molecule has 10 nitrogen and oxygen atoms in total. The number of ether oxygens (including phenoxy) is 4. The fourth-order valence-corrected chi connectivity index (χ4v) is 15.5. The van der Waals surface area contributed by atoms with E-state index < -0.39 is 28.8 Å². The topological polar surface area (TPSA) is 141 Å². The van der Waals surface area contributed by atoms with Crippen molar-refractivity contribution in [3.05, 3.63) is 58.7 Å². The van der Waals surface area contributed by atoms with Gasteiger partial charge >= 0.3 is 18.0 Å². The predicted molar refractivity (Wildman–Crippen MR) is 270 cm³/mol. The lowest BCUT2D eigenvalue weighted by atomic mass is 9.44. The average molecular weight is 956 g/mol. The Morgan fingerprint density at radius 3 is 2.39 bits per heavy atom. The zero-order valence-corrected chi connectivity index (χ0v) is 43.8. The fourth-order valence-electron chi connectivity index (χ4n) is 15.5. The second-order valence-electron chi connectivity index (χ2n) is 25.0. The normalized spacial score (nSPS) is 38.8. The van der Waals surface area contributed by atoms with Gasteiger partial charge in [0.2, 0.25) is 0 Å². The molecule has 13 atom stereocenters. The van der Waals surface area contributed by atoms with E-state index in [1.807, 2.05) is 6.92 Å². The molecule has 5 saturated carbocycles. The molecule has 0 radical (unpaired) electrons. The Hall–Kier alpha value is -3.21. The molecule has 6 fully saturated rings. The molecule has 5 unspecified atom stereocenters. The fraction of sp³-hybridized carbons (Fsp3) is 0.780. The molecule has 8 rings (SSSR count). The maximum atomic E-state index is 13.6. The van der Waals surface area contributed by atoms with E-state index in [1.165, 1.54) is 31.3 Å². The number of esters is 2. The van der Waals surface area contributed by atoms with Crippen LogP contribution in [0.1, 0.15) is 184 Å². The Balaban J connectivity index is 0.746. The highest BCUT2D eigenvalue weighted by molar-refractivity contribution is 5.92. The number of alkyl carbamates (subject to hydrolysis) is 1. The first-order valence-corrected chi connectivity index (χ1v) is 27.6. The summed E-state index contributed by atoms with van der Waals surface area (Å²) in [5, 5.41) is 26.5. The number of cyclic esters (lactones) is 1. The van der Waals surface area contributed by atoms with Gasteiger partial charge in [-0.15, -0.1) is 0 Å². The number of rotatable bonds is 16. The van der Waals surface area contributed by atoms with Gasteiger partial charge < -0.3 is 34.5 Å². The van der Waals surface area contributed by atoms with Crippen LogP contribution >= 0.6 is 0 Å². The zero-order valence-electron chi connectivity index (χ0n) is 43.8. The first-order chi connectivity index (χ1) is 32.7. The van der Waals surface area contributed by atoms with Crippen LogP contribution in [0.25, 0.3) is 0 Å². The molecule has 0 spiro atoms.